The highest BCUT2D eigenvalue weighted by molar-refractivity contribution is 5.81. The van der Waals surface area contributed by atoms with Crippen molar-refractivity contribution in [3.05, 3.63) is 89.7 Å². The minimum Gasteiger partial charge on any atom is -0.387 e. The highest BCUT2D eigenvalue weighted by Crippen LogP contribution is 2.31. The second kappa shape index (κ2) is 6.65. The van der Waals surface area contributed by atoms with E-state index in [9.17, 15) is 5.11 Å². The predicted octanol–water partition coefficient (Wildman–Crippen LogP) is 3.98. The fourth-order valence-corrected chi connectivity index (χ4v) is 3.94. The number of imidazole rings is 1. The molecule has 5 rings (SSSR count). The second-order valence-electron chi connectivity index (χ2n) is 7.17. The van der Waals surface area contributed by atoms with Crippen LogP contribution in [0.15, 0.2) is 73.1 Å². The van der Waals surface area contributed by atoms with Gasteiger partial charge in [-0.2, -0.15) is 0 Å². The molecule has 134 valence electrons. The minimum absolute atomic E-state index is 0.0739. The summed E-state index contributed by atoms with van der Waals surface area (Å²) in [6, 6.07) is 23.1. The van der Waals surface area contributed by atoms with Crippen LogP contribution < -0.4 is 5.32 Å². The van der Waals surface area contributed by atoms with Gasteiger partial charge in [0.25, 0.3) is 0 Å². The van der Waals surface area contributed by atoms with Crippen LogP contribution in [0, 0.1) is 0 Å². The number of hydrogen-bond acceptors (Lipinski definition) is 3. The van der Waals surface area contributed by atoms with Gasteiger partial charge in [0.15, 0.2) is 0 Å². The number of nitrogens with one attached hydrogen (secondary N) is 2. The Kier molecular flexibility index (Phi) is 4.00. The molecule has 0 spiro atoms. The van der Waals surface area contributed by atoms with Gasteiger partial charge >= 0.3 is 0 Å². The van der Waals surface area contributed by atoms with Crippen LogP contribution in [0.1, 0.15) is 22.8 Å². The van der Waals surface area contributed by atoms with Crippen molar-refractivity contribution < 1.29 is 5.11 Å². The van der Waals surface area contributed by atoms with Gasteiger partial charge in [-0.15, -0.1) is 0 Å². The summed E-state index contributed by atoms with van der Waals surface area (Å²) in [5.74, 6) is 0. The number of aliphatic hydroxyl groups excluding tert-OH is 1. The summed E-state index contributed by atoms with van der Waals surface area (Å²) in [5.41, 5.74) is 7.90. The second-order valence-corrected chi connectivity index (χ2v) is 7.17. The van der Waals surface area contributed by atoms with Gasteiger partial charge in [-0.25, -0.2) is 4.98 Å². The van der Waals surface area contributed by atoms with Crippen molar-refractivity contribution >= 4 is 11.0 Å². The SMILES string of the molecule is OC1c2ccccc2CC1NCc1ccc(-c2ccc3nc[nH]c3c2)cc1. The van der Waals surface area contributed by atoms with E-state index in [0.29, 0.717) is 0 Å². The minimum atomic E-state index is -0.429. The van der Waals surface area contributed by atoms with Gasteiger partial charge < -0.3 is 15.4 Å². The molecule has 0 bridgehead atoms. The van der Waals surface area contributed by atoms with Gasteiger partial charge in [0.05, 0.1) is 23.5 Å². The highest BCUT2D eigenvalue weighted by atomic mass is 16.3. The van der Waals surface area contributed by atoms with Gasteiger partial charge in [0, 0.05) is 12.6 Å². The number of aromatic amines is 1. The fraction of sp³-hybridized carbons (Fsp3) is 0.174. The predicted molar refractivity (Wildman–Crippen MR) is 107 cm³/mol. The first kappa shape index (κ1) is 16.2. The van der Waals surface area contributed by atoms with E-state index in [2.05, 4.69) is 57.7 Å². The van der Waals surface area contributed by atoms with Crippen molar-refractivity contribution in [1.82, 2.24) is 15.3 Å². The van der Waals surface area contributed by atoms with E-state index in [1.54, 1.807) is 6.33 Å². The number of hydrogen-bond donors (Lipinski definition) is 3. The van der Waals surface area contributed by atoms with Crippen LogP contribution in [-0.4, -0.2) is 21.1 Å². The van der Waals surface area contributed by atoms with E-state index in [1.165, 1.54) is 22.3 Å². The molecule has 4 heteroatoms. The lowest BCUT2D eigenvalue weighted by atomic mass is 10.0. The average molecular weight is 355 g/mol. The number of rotatable bonds is 4. The Labute approximate surface area is 157 Å². The van der Waals surface area contributed by atoms with Gasteiger partial charge in [-0.3, -0.25) is 0 Å². The lowest BCUT2D eigenvalue weighted by Crippen LogP contribution is -2.32. The third-order valence-corrected chi connectivity index (χ3v) is 5.47. The van der Waals surface area contributed by atoms with Crippen molar-refractivity contribution in [3.8, 4) is 11.1 Å². The van der Waals surface area contributed by atoms with Crippen molar-refractivity contribution in [2.75, 3.05) is 0 Å². The number of H-pyrrole nitrogens is 1. The van der Waals surface area contributed by atoms with Crippen molar-refractivity contribution in [3.63, 3.8) is 0 Å². The summed E-state index contributed by atoms with van der Waals surface area (Å²) in [4.78, 5) is 7.43. The van der Waals surface area contributed by atoms with Crippen LogP contribution in [0.25, 0.3) is 22.2 Å². The van der Waals surface area contributed by atoms with Crippen molar-refractivity contribution in [1.29, 1.82) is 0 Å². The Balaban J connectivity index is 1.27. The Morgan fingerprint density at radius 1 is 1.00 bits per heavy atom. The molecule has 1 aliphatic rings. The summed E-state index contributed by atoms with van der Waals surface area (Å²) in [5, 5.41) is 14.0. The quantitative estimate of drug-likeness (QED) is 0.519. The Morgan fingerprint density at radius 3 is 2.67 bits per heavy atom. The zero-order valence-corrected chi connectivity index (χ0v) is 14.9. The first-order valence-electron chi connectivity index (χ1n) is 9.30. The molecule has 1 aromatic heterocycles. The summed E-state index contributed by atoms with van der Waals surface area (Å²) in [7, 11) is 0. The van der Waals surface area contributed by atoms with Crippen molar-refractivity contribution in [2.45, 2.75) is 25.1 Å². The number of fused-ring (bicyclic) bond motifs is 2. The molecule has 27 heavy (non-hydrogen) atoms. The van der Waals surface area contributed by atoms with E-state index < -0.39 is 6.10 Å². The lowest BCUT2D eigenvalue weighted by Gasteiger charge is -2.17. The van der Waals surface area contributed by atoms with Crippen LogP contribution in [0.5, 0.6) is 0 Å². The number of aliphatic hydroxyl groups is 1. The maximum atomic E-state index is 10.5. The molecule has 0 fully saturated rings. The third-order valence-electron chi connectivity index (χ3n) is 5.47. The fourth-order valence-electron chi connectivity index (χ4n) is 3.94. The average Bonchev–Trinajstić information content (AvgIpc) is 3.31. The zero-order valence-electron chi connectivity index (χ0n) is 14.9. The van der Waals surface area contributed by atoms with Crippen LogP contribution in [0.2, 0.25) is 0 Å². The smallest absolute Gasteiger partial charge is 0.0948 e. The summed E-state index contributed by atoms with van der Waals surface area (Å²) in [6.07, 6.45) is 2.17. The van der Waals surface area contributed by atoms with E-state index in [4.69, 9.17) is 0 Å². The molecule has 0 radical (unpaired) electrons. The van der Waals surface area contributed by atoms with Gasteiger partial charge in [-0.05, 0) is 46.4 Å². The molecule has 1 aliphatic carbocycles. The zero-order chi connectivity index (χ0) is 18.2. The van der Waals surface area contributed by atoms with Crippen LogP contribution >= 0.6 is 0 Å². The first-order chi connectivity index (χ1) is 13.3. The molecule has 0 amide bonds. The summed E-state index contributed by atoms with van der Waals surface area (Å²) >= 11 is 0. The molecular weight excluding hydrogens is 334 g/mol. The molecular formula is C23H21N3O. The van der Waals surface area contributed by atoms with E-state index in [-0.39, 0.29) is 6.04 Å². The number of nitrogens with zero attached hydrogens (tertiary/aromatic N) is 1. The summed E-state index contributed by atoms with van der Waals surface area (Å²) < 4.78 is 0. The van der Waals surface area contributed by atoms with E-state index >= 15 is 0 Å². The normalized spacial score (nSPS) is 18.7. The molecule has 2 atom stereocenters. The molecule has 1 heterocycles. The molecule has 0 saturated heterocycles. The molecule has 2 unspecified atom stereocenters. The Morgan fingerprint density at radius 2 is 1.81 bits per heavy atom. The maximum absolute atomic E-state index is 10.5. The van der Waals surface area contributed by atoms with Gasteiger partial charge in [0.2, 0.25) is 0 Å². The third kappa shape index (κ3) is 3.03. The van der Waals surface area contributed by atoms with E-state index in [1.807, 2.05) is 24.3 Å². The molecule has 3 aromatic carbocycles. The molecule has 4 aromatic rings. The topological polar surface area (TPSA) is 60.9 Å². The van der Waals surface area contributed by atoms with Crippen LogP contribution in [-0.2, 0) is 13.0 Å². The Bertz CT molecular complexity index is 1080. The van der Waals surface area contributed by atoms with Gasteiger partial charge in [0.1, 0.15) is 0 Å². The van der Waals surface area contributed by atoms with Crippen LogP contribution in [0.3, 0.4) is 0 Å². The molecule has 0 aliphatic heterocycles. The van der Waals surface area contributed by atoms with Crippen LogP contribution in [0.4, 0.5) is 0 Å². The molecule has 0 saturated carbocycles. The largest absolute Gasteiger partial charge is 0.387 e. The maximum Gasteiger partial charge on any atom is 0.0948 e. The molecule has 3 N–H and O–H groups in total. The standard InChI is InChI=1S/C23H21N3O/c27-23-19-4-2-1-3-18(19)12-22(23)24-13-15-5-7-16(8-6-15)17-9-10-20-21(11-17)26-14-25-20/h1-11,14,22-24,27H,12-13H2,(H,25,26). The molecule has 4 nitrogen and oxygen atoms in total. The highest BCUT2D eigenvalue weighted by Gasteiger charge is 2.29. The summed E-state index contributed by atoms with van der Waals surface area (Å²) in [6.45, 7) is 0.746. The van der Waals surface area contributed by atoms with E-state index in [0.717, 1.165) is 29.6 Å². The lowest BCUT2D eigenvalue weighted by molar-refractivity contribution is 0.141. The Hall–Kier alpha value is -2.95. The van der Waals surface area contributed by atoms with Crippen molar-refractivity contribution in [2.24, 2.45) is 0 Å². The number of aromatic nitrogens is 2. The number of benzene rings is 3. The first-order valence-corrected chi connectivity index (χ1v) is 9.30. The van der Waals surface area contributed by atoms with Gasteiger partial charge in [-0.1, -0.05) is 54.6 Å². The monoisotopic (exact) mass is 355 g/mol.